The van der Waals surface area contributed by atoms with E-state index in [1.165, 1.54) is 11.3 Å². The SMILES string of the molecule is O=C(C1CC1)N1c2ccccc2[C@@H]2CNCC[C@H]21. The molecule has 0 radical (unpaired) electrons. The molecule has 0 spiro atoms. The van der Waals surface area contributed by atoms with E-state index in [1.807, 2.05) is 0 Å². The van der Waals surface area contributed by atoms with Gasteiger partial charge in [0.2, 0.25) is 5.91 Å². The second-order valence-electron chi connectivity index (χ2n) is 5.71. The molecule has 1 aromatic rings. The van der Waals surface area contributed by atoms with Crippen molar-refractivity contribution < 1.29 is 4.79 Å². The van der Waals surface area contributed by atoms with Crippen molar-refractivity contribution in [2.24, 2.45) is 5.92 Å². The number of carbonyl (C=O) groups is 1. The molecule has 18 heavy (non-hydrogen) atoms. The quantitative estimate of drug-likeness (QED) is 0.815. The molecule has 1 amide bonds. The Kier molecular flexibility index (Phi) is 2.24. The molecule has 3 nitrogen and oxygen atoms in total. The first-order chi connectivity index (χ1) is 8.86. The van der Waals surface area contributed by atoms with Gasteiger partial charge in [0.15, 0.2) is 0 Å². The van der Waals surface area contributed by atoms with E-state index < -0.39 is 0 Å². The van der Waals surface area contributed by atoms with Crippen LogP contribution in [0.5, 0.6) is 0 Å². The third kappa shape index (κ3) is 1.43. The number of piperidine rings is 1. The zero-order chi connectivity index (χ0) is 12.1. The first kappa shape index (κ1) is 10.6. The van der Waals surface area contributed by atoms with E-state index in [1.54, 1.807) is 0 Å². The van der Waals surface area contributed by atoms with Crippen LogP contribution in [0.25, 0.3) is 0 Å². The molecule has 2 atom stereocenters. The molecule has 3 heteroatoms. The van der Waals surface area contributed by atoms with E-state index in [9.17, 15) is 4.79 Å². The van der Waals surface area contributed by atoms with Gasteiger partial charge in [-0.25, -0.2) is 0 Å². The average Bonchev–Trinajstić information content (AvgIpc) is 3.20. The Labute approximate surface area is 107 Å². The van der Waals surface area contributed by atoms with Gasteiger partial charge < -0.3 is 10.2 Å². The van der Waals surface area contributed by atoms with Gasteiger partial charge in [-0.1, -0.05) is 18.2 Å². The van der Waals surface area contributed by atoms with Gasteiger partial charge in [-0.05, 0) is 37.4 Å². The largest absolute Gasteiger partial charge is 0.316 e. The van der Waals surface area contributed by atoms with Crippen molar-refractivity contribution in [2.45, 2.75) is 31.2 Å². The molecule has 2 fully saturated rings. The first-order valence-corrected chi connectivity index (χ1v) is 6.99. The zero-order valence-electron chi connectivity index (χ0n) is 10.4. The van der Waals surface area contributed by atoms with Crippen molar-refractivity contribution in [3.8, 4) is 0 Å². The van der Waals surface area contributed by atoms with Crippen LogP contribution < -0.4 is 10.2 Å². The van der Waals surface area contributed by atoms with Crippen molar-refractivity contribution in [1.29, 1.82) is 0 Å². The summed E-state index contributed by atoms with van der Waals surface area (Å²) in [5.41, 5.74) is 2.54. The minimum absolute atomic E-state index is 0.312. The number of nitrogens with one attached hydrogen (secondary N) is 1. The summed E-state index contributed by atoms with van der Waals surface area (Å²) in [6, 6.07) is 8.86. The molecule has 2 heterocycles. The summed E-state index contributed by atoms with van der Waals surface area (Å²) in [5.74, 6) is 1.18. The topological polar surface area (TPSA) is 32.3 Å². The third-order valence-electron chi connectivity index (χ3n) is 4.54. The molecule has 1 aliphatic carbocycles. The number of carbonyl (C=O) groups excluding carboxylic acids is 1. The van der Waals surface area contributed by atoms with E-state index in [2.05, 4.69) is 34.5 Å². The van der Waals surface area contributed by atoms with Crippen molar-refractivity contribution in [3.63, 3.8) is 0 Å². The summed E-state index contributed by atoms with van der Waals surface area (Å²) in [5, 5.41) is 3.46. The van der Waals surface area contributed by atoms with Crippen LogP contribution in [0, 0.1) is 5.92 Å². The molecule has 94 valence electrons. The predicted molar refractivity (Wildman–Crippen MR) is 70.7 cm³/mol. The third-order valence-corrected chi connectivity index (χ3v) is 4.54. The van der Waals surface area contributed by atoms with E-state index in [4.69, 9.17) is 0 Å². The van der Waals surface area contributed by atoms with Crippen molar-refractivity contribution >= 4 is 11.6 Å². The second kappa shape index (κ2) is 3.82. The van der Waals surface area contributed by atoms with Crippen LogP contribution in [0.2, 0.25) is 0 Å². The number of anilines is 1. The van der Waals surface area contributed by atoms with Gasteiger partial charge in [-0.15, -0.1) is 0 Å². The summed E-state index contributed by atoms with van der Waals surface area (Å²) >= 11 is 0. The standard InChI is InChI=1S/C15H18N2O/c18-15(10-5-6-10)17-13-4-2-1-3-11(13)12-9-16-8-7-14(12)17/h1-4,10,12,14,16H,5-9H2/t12-,14+/m0/s1. The Morgan fingerprint density at radius 3 is 2.89 bits per heavy atom. The molecular weight excluding hydrogens is 224 g/mol. The fourth-order valence-electron chi connectivity index (χ4n) is 3.48. The van der Waals surface area contributed by atoms with Crippen LogP contribution >= 0.6 is 0 Å². The lowest BCUT2D eigenvalue weighted by atomic mass is 9.90. The Morgan fingerprint density at radius 1 is 1.22 bits per heavy atom. The normalized spacial score (nSPS) is 29.9. The van der Waals surface area contributed by atoms with Crippen LogP contribution in [0.3, 0.4) is 0 Å². The molecule has 0 aromatic heterocycles. The van der Waals surface area contributed by atoms with Crippen molar-refractivity contribution in [2.75, 3.05) is 18.0 Å². The minimum Gasteiger partial charge on any atom is -0.316 e. The monoisotopic (exact) mass is 242 g/mol. The number of hydrogen-bond donors (Lipinski definition) is 1. The summed E-state index contributed by atoms with van der Waals surface area (Å²) in [6.07, 6.45) is 3.26. The molecule has 1 aromatic carbocycles. The first-order valence-electron chi connectivity index (χ1n) is 6.99. The molecule has 3 aliphatic rings. The molecule has 2 aliphatic heterocycles. The van der Waals surface area contributed by atoms with Crippen LogP contribution in [0.1, 0.15) is 30.7 Å². The smallest absolute Gasteiger partial charge is 0.230 e. The highest BCUT2D eigenvalue weighted by Crippen LogP contribution is 2.45. The van der Waals surface area contributed by atoms with E-state index >= 15 is 0 Å². The Balaban J connectivity index is 1.78. The predicted octanol–water partition coefficient (Wildman–Crippen LogP) is 1.89. The molecule has 0 bridgehead atoms. The minimum atomic E-state index is 0.312. The molecule has 4 rings (SSSR count). The van der Waals surface area contributed by atoms with Gasteiger partial charge >= 0.3 is 0 Å². The maximum atomic E-state index is 12.5. The van der Waals surface area contributed by atoms with Gasteiger partial charge in [0.1, 0.15) is 0 Å². The van der Waals surface area contributed by atoms with Gasteiger partial charge in [0.25, 0.3) is 0 Å². The summed E-state index contributed by atoms with van der Waals surface area (Å²) in [6.45, 7) is 2.04. The average molecular weight is 242 g/mol. The summed E-state index contributed by atoms with van der Waals surface area (Å²) in [4.78, 5) is 14.7. The lowest BCUT2D eigenvalue weighted by Crippen LogP contribution is -2.47. The number of rotatable bonds is 1. The highest BCUT2D eigenvalue weighted by Gasteiger charge is 2.46. The van der Waals surface area contributed by atoms with E-state index in [0.29, 0.717) is 23.8 Å². The van der Waals surface area contributed by atoms with Gasteiger partial charge in [-0.2, -0.15) is 0 Å². The Bertz CT molecular complexity index is 495. The number of nitrogens with zero attached hydrogens (tertiary/aromatic N) is 1. The molecule has 0 unspecified atom stereocenters. The van der Waals surface area contributed by atoms with Gasteiger partial charge in [0, 0.05) is 30.1 Å². The zero-order valence-corrected chi connectivity index (χ0v) is 10.4. The van der Waals surface area contributed by atoms with E-state index in [-0.39, 0.29) is 0 Å². The molecule has 1 saturated heterocycles. The summed E-state index contributed by atoms with van der Waals surface area (Å²) < 4.78 is 0. The maximum Gasteiger partial charge on any atom is 0.230 e. The number of hydrogen-bond acceptors (Lipinski definition) is 2. The highest BCUT2D eigenvalue weighted by molar-refractivity contribution is 5.99. The number of para-hydroxylation sites is 1. The fraction of sp³-hybridized carbons (Fsp3) is 0.533. The second-order valence-corrected chi connectivity index (χ2v) is 5.71. The number of benzene rings is 1. The van der Waals surface area contributed by atoms with Crippen LogP contribution in [0.15, 0.2) is 24.3 Å². The lowest BCUT2D eigenvalue weighted by Gasteiger charge is -2.32. The Morgan fingerprint density at radius 2 is 2.06 bits per heavy atom. The Hall–Kier alpha value is -1.35. The molecular formula is C15H18N2O. The van der Waals surface area contributed by atoms with Crippen molar-refractivity contribution in [1.82, 2.24) is 5.32 Å². The fourth-order valence-corrected chi connectivity index (χ4v) is 3.48. The van der Waals surface area contributed by atoms with Gasteiger partial charge in [-0.3, -0.25) is 4.79 Å². The van der Waals surface area contributed by atoms with Gasteiger partial charge in [0.05, 0.1) is 0 Å². The summed E-state index contributed by atoms with van der Waals surface area (Å²) in [7, 11) is 0. The maximum absolute atomic E-state index is 12.5. The van der Waals surface area contributed by atoms with Crippen molar-refractivity contribution in [3.05, 3.63) is 29.8 Å². The van der Waals surface area contributed by atoms with Crippen LogP contribution in [-0.4, -0.2) is 25.0 Å². The van der Waals surface area contributed by atoms with Crippen LogP contribution in [-0.2, 0) is 4.79 Å². The van der Waals surface area contributed by atoms with E-state index in [0.717, 1.165) is 32.4 Å². The number of amides is 1. The van der Waals surface area contributed by atoms with Crippen LogP contribution in [0.4, 0.5) is 5.69 Å². The number of fused-ring (bicyclic) bond motifs is 3. The molecule has 1 saturated carbocycles. The lowest BCUT2D eigenvalue weighted by molar-refractivity contribution is -0.120. The highest BCUT2D eigenvalue weighted by atomic mass is 16.2. The molecule has 1 N–H and O–H groups in total.